The molecule has 1 atom stereocenters. The van der Waals surface area contributed by atoms with Crippen LogP contribution in [0.1, 0.15) is 10.4 Å². The van der Waals surface area contributed by atoms with Crippen LogP contribution in [-0.4, -0.2) is 15.5 Å². The molecule has 0 fully saturated rings. The van der Waals surface area contributed by atoms with Gasteiger partial charge in [-0.2, -0.15) is 0 Å². The van der Waals surface area contributed by atoms with Gasteiger partial charge in [-0.05, 0) is 12.1 Å². The van der Waals surface area contributed by atoms with Crippen molar-refractivity contribution in [3.05, 3.63) is 96.6 Å². The van der Waals surface area contributed by atoms with E-state index in [1.807, 2.05) is 12.1 Å². The summed E-state index contributed by atoms with van der Waals surface area (Å²) in [5.41, 5.74) is 0.384. The van der Waals surface area contributed by atoms with Crippen LogP contribution in [0.3, 0.4) is 0 Å². The van der Waals surface area contributed by atoms with E-state index in [4.69, 9.17) is 34.8 Å². The van der Waals surface area contributed by atoms with Crippen molar-refractivity contribution < 1.29 is 9.36 Å². The highest BCUT2D eigenvalue weighted by atomic mass is 35.6. The number of benzene rings is 3. The van der Waals surface area contributed by atoms with Crippen molar-refractivity contribution in [2.75, 3.05) is 0 Å². The van der Waals surface area contributed by atoms with Crippen LogP contribution in [0.2, 0.25) is 0 Å². The van der Waals surface area contributed by atoms with Crippen molar-refractivity contribution in [3.8, 4) is 0 Å². The van der Waals surface area contributed by atoms with E-state index >= 15 is 0 Å². The summed E-state index contributed by atoms with van der Waals surface area (Å²) in [4.78, 5) is 12.8. The molecule has 0 spiro atoms. The van der Waals surface area contributed by atoms with Crippen molar-refractivity contribution in [2.24, 2.45) is 0 Å². The molecule has 1 amide bonds. The summed E-state index contributed by atoms with van der Waals surface area (Å²) < 4.78 is 12.5. The molecular formula is C21H17Cl3NO2P. The molecule has 0 aromatic heterocycles. The van der Waals surface area contributed by atoms with Crippen LogP contribution < -0.4 is 15.9 Å². The predicted molar refractivity (Wildman–Crippen MR) is 118 cm³/mol. The smallest absolute Gasteiger partial charge is 0.252 e. The standard InChI is InChI=1S/C21H17Cl3NO2P/c22-21(23,24)20(25-19(26)16-10-4-1-5-11-16)28(27,17-12-6-2-7-13-17)18-14-8-3-9-15-18/h1-15,20H,(H,25,26)/t20-/m1/s1. The molecule has 0 bridgehead atoms. The number of hydrogen-bond donors (Lipinski definition) is 1. The van der Waals surface area contributed by atoms with Crippen molar-refractivity contribution in [1.82, 2.24) is 5.32 Å². The van der Waals surface area contributed by atoms with Gasteiger partial charge in [0.25, 0.3) is 5.91 Å². The summed E-state index contributed by atoms with van der Waals surface area (Å²) in [5.74, 6) is -1.73. The Balaban J connectivity index is 2.14. The van der Waals surface area contributed by atoms with Crippen LogP contribution >= 0.6 is 41.9 Å². The highest BCUT2D eigenvalue weighted by Crippen LogP contribution is 2.55. The highest BCUT2D eigenvalue weighted by molar-refractivity contribution is 7.79. The number of nitrogens with one attached hydrogen (secondary N) is 1. The molecule has 3 nitrogen and oxygen atoms in total. The molecule has 3 aromatic rings. The number of carbonyl (C=O) groups excluding carboxylic acids is 1. The zero-order valence-corrected chi connectivity index (χ0v) is 17.8. The third kappa shape index (κ3) is 4.45. The molecular weight excluding hydrogens is 436 g/mol. The summed E-state index contributed by atoms with van der Waals surface area (Å²) in [6.07, 6.45) is 0. The van der Waals surface area contributed by atoms with Crippen LogP contribution in [0.5, 0.6) is 0 Å². The maximum atomic E-state index is 14.5. The van der Waals surface area contributed by atoms with E-state index < -0.39 is 22.6 Å². The van der Waals surface area contributed by atoms with Gasteiger partial charge >= 0.3 is 0 Å². The van der Waals surface area contributed by atoms with Gasteiger partial charge in [-0.25, -0.2) is 0 Å². The van der Waals surface area contributed by atoms with Crippen LogP contribution in [0.4, 0.5) is 0 Å². The average molecular weight is 453 g/mol. The second-order valence-corrected chi connectivity index (χ2v) is 11.3. The molecule has 3 aromatic carbocycles. The van der Waals surface area contributed by atoms with Gasteiger partial charge < -0.3 is 9.88 Å². The molecule has 28 heavy (non-hydrogen) atoms. The van der Waals surface area contributed by atoms with Gasteiger partial charge in [-0.15, -0.1) is 0 Å². The Labute approximate surface area is 179 Å². The molecule has 0 saturated carbocycles. The molecule has 0 aliphatic rings. The monoisotopic (exact) mass is 451 g/mol. The van der Waals surface area contributed by atoms with Gasteiger partial charge in [-0.1, -0.05) is 114 Å². The Kier molecular flexibility index (Phi) is 6.52. The Hall–Kier alpha value is -1.77. The highest BCUT2D eigenvalue weighted by Gasteiger charge is 2.49. The van der Waals surface area contributed by atoms with E-state index in [1.165, 1.54) is 0 Å². The number of hydrogen-bond acceptors (Lipinski definition) is 2. The SMILES string of the molecule is O=C(N[C@@H](C(Cl)(Cl)Cl)P(=O)(c1ccccc1)c1ccccc1)c1ccccc1. The van der Waals surface area contributed by atoms with Gasteiger partial charge in [0.15, 0.2) is 7.14 Å². The zero-order valence-electron chi connectivity index (χ0n) is 14.6. The first-order valence-electron chi connectivity index (χ1n) is 8.47. The van der Waals surface area contributed by atoms with Crippen LogP contribution in [0.15, 0.2) is 91.0 Å². The summed E-state index contributed by atoms with van der Waals surface area (Å²) in [5, 5.41) is 3.70. The lowest BCUT2D eigenvalue weighted by atomic mass is 10.2. The molecule has 7 heteroatoms. The topological polar surface area (TPSA) is 46.2 Å². The zero-order chi connectivity index (χ0) is 20.2. The van der Waals surface area contributed by atoms with E-state index in [2.05, 4.69) is 5.32 Å². The first-order chi connectivity index (χ1) is 13.3. The van der Waals surface area contributed by atoms with Crippen molar-refractivity contribution in [2.45, 2.75) is 9.58 Å². The Bertz CT molecular complexity index is 933. The van der Waals surface area contributed by atoms with E-state index in [9.17, 15) is 9.36 Å². The van der Waals surface area contributed by atoms with Crippen LogP contribution in [-0.2, 0) is 4.57 Å². The number of carbonyl (C=O) groups is 1. The fraction of sp³-hybridized carbons (Fsp3) is 0.0952. The normalized spacial score (nSPS) is 13.0. The largest absolute Gasteiger partial charge is 0.338 e. The molecule has 0 saturated heterocycles. The lowest BCUT2D eigenvalue weighted by Crippen LogP contribution is -2.47. The molecule has 0 aliphatic carbocycles. The first kappa shape index (κ1) is 21.0. The van der Waals surface area contributed by atoms with Crippen molar-refractivity contribution >= 4 is 58.5 Å². The lowest BCUT2D eigenvalue weighted by Gasteiger charge is -2.34. The summed E-state index contributed by atoms with van der Waals surface area (Å²) in [7, 11) is -3.56. The lowest BCUT2D eigenvalue weighted by molar-refractivity contribution is 0.0948. The third-order valence-electron chi connectivity index (χ3n) is 4.26. The van der Waals surface area contributed by atoms with Gasteiger partial charge in [0.05, 0.1) is 0 Å². The maximum absolute atomic E-state index is 14.5. The van der Waals surface area contributed by atoms with Crippen LogP contribution in [0, 0.1) is 0 Å². The van der Waals surface area contributed by atoms with Gasteiger partial charge in [0.1, 0.15) is 5.78 Å². The summed E-state index contributed by atoms with van der Waals surface area (Å²) in [6, 6.07) is 26.1. The number of halogens is 3. The molecule has 0 unspecified atom stereocenters. The second kappa shape index (κ2) is 8.71. The number of alkyl halides is 3. The van der Waals surface area contributed by atoms with E-state index in [1.54, 1.807) is 78.9 Å². The molecule has 1 N–H and O–H groups in total. The van der Waals surface area contributed by atoms with Crippen molar-refractivity contribution in [3.63, 3.8) is 0 Å². The van der Waals surface area contributed by atoms with E-state index in [-0.39, 0.29) is 0 Å². The minimum atomic E-state index is -3.56. The van der Waals surface area contributed by atoms with E-state index in [0.717, 1.165) is 0 Å². The van der Waals surface area contributed by atoms with Crippen LogP contribution in [0.25, 0.3) is 0 Å². The fourth-order valence-electron chi connectivity index (χ4n) is 2.92. The average Bonchev–Trinajstić information content (AvgIpc) is 2.72. The van der Waals surface area contributed by atoms with Gasteiger partial charge in [0.2, 0.25) is 3.79 Å². The molecule has 0 radical (unpaired) electrons. The fourth-order valence-corrected chi connectivity index (χ4v) is 7.16. The number of amides is 1. The Morgan fingerprint density at radius 1 is 0.750 bits per heavy atom. The quantitative estimate of drug-likeness (QED) is 0.431. The minimum Gasteiger partial charge on any atom is -0.338 e. The molecule has 0 heterocycles. The Morgan fingerprint density at radius 2 is 1.14 bits per heavy atom. The Morgan fingerprint density at radius 3 is 1.54 bits per heavy atom. The molecule has 144 valence electrons. The maximum Gasteiger partial charge on any atom is 0.252 e. The summed E-state index contributed by atoms with van der Waals surface area (Å²) in [6.45, 7) is 0. The molecule has 0 aliphatic heterocycles. The van der Waals surface area contributed by atoms with Crippen molar-refractivity contribution in [1.29, 1.82) is 0 Å². The summed E-state index contributed by atoms with van der Waals surface area (Å²) >= 11 is 18.8. The predicted octanol–water partition coefficient (Wildman–Crippen LogP) is 5.13. The molecule has 3 rings (SSSR count). The van der Waals surface area contributed by atoms with E-state index in [0.29, 0.717) is 16.2 Å². The second-order valence-electron chi connectivity index (χ2n) is 6.11. The minimum absolute atomic E-state index is 0.384. The van der Waals surface area contributed by atoms with Gasteiger partial charge in [0, 0.05) is 16.2 Å². The first-order valence-corrected chi connectivity index (χ1v) is 11.4. The third-order valence-corrected chi connectivity index (χ3v) is 8.74. The number of rotatable bonds is 5. The van der Waals surface area contributed by atoms with Gasteiger partial charge in [-0.3, -0.25) is 4.79 Å².